The topological polar surface area (TPSA) is 66.1 Å². The zero-order valence-electron chi connectivity index (χ0n) is 25.6. The summed E-state index contributed by atoms with van der Waals surface area (Å²) < 4.78 is 5.51. The summed E-state index contributed by atoms with van der Waals surface area (Å²) in [6.45, 7) is 0.457. The van der Waals surface area contributed by atoms with Crippen LogP contribution in [-0.2, 0) is 23.2 Å². The van der Waals surface area contributed by atoms with Crippen LogP contribution in [0.25, 0.3) is 10.9 Å². The molecule has 1 heterocycles. The highest BCUT2D eigenvalue weighted by molar-refractivity contribution is 5.83. The van der Waals surface area contributed by atoms with Crippen LogP contribution in [0.3, 0.4) is 0 Å². The van der Waals surface area contributed by atoms with E-state index in [0.717, 1.165) is 33.5 Å². The Morgan fingerprint density at radius 1 is 0.711 bits per heavy atom. The molecule has 5 heteroatoms. The molecule has 6 aromatic rings. The maximum atomic E-state index is 13.3. The number of aromatic amines is 1. The first-order chi connectivity index (χ1) is 22.2. The number of aromatic nitrogens is 1. The number of carbonyl (C=O) groups is 1. The third-order valence-corrected chi connectivity index (χ3v) is 8.54. The predicted molar refractivity (Wildman–Crippen MR) is 182 cm³/mol. The molecule has 0 aliphatic carbocycles. The molecule has 0 aliphatic heterocycles. The number of H-pyrrole nitrogens is 1. The van der Waals surface area contributed by atoms with Gasteiger partial charge in [0.05, 0.1) is 12.6 Å². The Morgan fingerprint density at radius 3 is 1.89 bits per heavy atom. The molecule has 1 amide bonds. The van der Waals surface area contributed by atoms with Gasteiger partial charge in [-0.3, -0.25) is 10.1 Å². The van der Waals surface area contributed by atoms with Gasteiger partial charge in [0.1, 0.15) is 5.75 Å². The van der Waals surface area contributed by atoms with Crippen LogP contribution in [0.15, 0.2) is 146 Å². The fraction of sp³-hybridized carbons (Fsp3) is 0.175. The molecule has 3 N–H and O–H groups in total. The number of para-hydroxylation sites is 2. The lowest BCUT2D eigenvalue weighted by Crippen LogP contribution is -2.54. The fourth-order valence-corrected chi connectivity index (χ4v) is 6.34. The van der Waals surface area contributed by atoms with Crippen molar-refractivity contribution in [2.75, 3.05) is 13.7 Å². The number of methoxy groups -OCH3 is 1. The summed E-state index contributed by atoms with van der Waals surface area (Å²) in [5.74, 6) is 0.818. The molecule has 1 unspecified atom stereocenters. The van der Waals surface area contributed by atoms with E-state index in [4.69, 9.17) is 4.74 Å². The first-order valence-electron chi connectivity index (χ1n) is 15.5. The van der Waals surface area contributed by atoms with Crippen molar-refractivity contribution in [2.24, 2.45) is 0 Å². The van der Waals surface area contributed by atoms with E-state index in [-0.39, 0.29) is 11.9 Å². The zero-order chi connectivity index (χ0) is 30.9. The molecule has 0 bridgehead atoms. The van der Waals surface area contributed by atoms with Crippen molar-refractivity contribution >= 4 is 16.8 Å². The third-order valence-electron chi connectivity index (χ3n) is 8.54. The van der Waals surface area contributed by atoms with Gasteiger partial charge in [0, 0.05) is 36.1 Å². The summed E-state index contributed by atoms with van der Waals surface area (Å²) in [6, 6.07) is 47.9. The maximum Gasteiger partial charge on any atom is 0.220 e. The predicted octanol–water partition coefficient (Wildman–Crippen LogP) is 7.42. The van der Waals surface area contributed by atoms with Crippen LogP contribution in [0, 0.1) is 0 Å². The van der Waals surface area contributed by atoms with Gasteiger partial charge >= 0.3 is 0 Å². The van der Waals surface area contributed by atoms with Crippen LogP contribution >= 0.6 is 0 Å². The maximum absolute atomic E-state index is 13.3. The molecule has 0 radical (unpaired) electrons. The second-order valence-corrected chi connectivity index (χ2v) is 11.4. The Morgan fingerprint density at radius 2 is 1.27 bits per heavy atom. The highest BCUT2D eigenvalue weighted by atomic mass is 16.5. The van der Waals surface area contributed by atoms with Crippen LogP contribution in [0.2, 0.25) is 0 Å². The van der Waals surface area contributed by atoms with Gasteiger partial charge in [-0.1, -0.05) is 127 Å². The fourth-order valence-electron chi connectivity index (χ4n) is 6.34. The smallest absolute Gasteiger partial charge is 0.220 e. The molecule has 5 nitrogen and oxygen atoms in total. The molecule has 5 aromatic carbocycles. The van der Waals surface area contributed by atoms with Gasteiger partial charge in [-0.25, -0.2) is 0 Å². The summed E-state index contributed by atoms with van der Waals surface area (Å²) in [6.07, 6.45) is 3.79. The van der Waals surface area contributed by atoms with Gasteiger partial charge in [-0.2, -0.15) is 0 Å². The van der Waals surface area contributed by atoms with Crippen LogP contribution in [-0.4, -0.2) is 30.6 Å². The molecule has 1 aromatic heterocycles. The lowest BCUT2D eigenvalue weighted by atomic mass is 9.76. The van der Waals surface area contributed by atoms with E-state index >= 15 is 0 Å². The molecule has 226 valence electrons. The molecule has 0 fully saturated rings. The first-order valence-corrected chi connectivity index (χ1v) is 15.5. The van der Waals surface area contributed by atoms with Crippen LogP contribution < -0.4 is 15.4 Å². The number of rotatable bonds is 13. The monoisotopic (exact) mass is 593 g/mol. The minimum atomic E-state index is -0.664. The van der Waals surface area contributed by atoms with E-state index < -0.39 is 5.54 Å². The van der Waals surface area contributed by atoms with E-state index in [0.29, 0.717) is 25.8 Å². The zero-order valence-corrected chi connectivity index (χ0v) is 25.6. The van der Waals surface area contributed by atoms with Gasteiger partial charge in [0.25, 0.3) is 0 Å². The van der Waals surface area contributed by atoms with Crippen molar-refractivity contribution in [1.29, 1.82) is 0 Å². The van der Waals surface area contributed by atoms with Gasteiger partial charge < -0.3 is 15.0 Å². The Balaban J connectivity index is 1.35. The number of amides is 1. The average Bonchev–Trinajstić information content (AvgIpc) is 3.52. The lowest BCUT2D eigenvalue weighted by Gasteiger charge is -2.40. The second-order valence-electron chi connectivity index (χ2n) is 11.4. The first kappa shape index (κ1) is 29.9. The Bertz CT molecular complexity index is 1720. The van der Waals surface area contributed by atoms with Crippen LogP contribution in [0.4, 0.5) is 0 Å². The van der Waals surface area contributed by atoms with E-state index in [1.165, 1.54) is 10.9 Å². The highest BCUT2D eigenvalue weighted by Gasteiger charge is 2.38. The largest absolute Gasteiger partial charge is 0.496 e. The normalized spacial score (nSPS) is 12.1. The molecular weight excluding hydrogens is 554 g/mol. The van der Waals surface area contributed by atoms with Gasteiger partial charge in [-0.15, -0.1) is 0 Å². The number of fused-ring (bicyclic) bond motifs is 1. The summed E-state index contributed by atoms with van der Waals surface area (Å²) in [5, 5.41) is 8.59. The van der Waals surface area contributed by atoms with Crippen molar-refractivity contribution in [3.63, 3.8) is 0 Å². The Hall–Kier alpha value is -5.13. The SMILES string of the molecule is COc1ccccc1CCC(=O)NCC(Cc1c[nH]c2ccccc12)NC(c1ccccc1)(c1ccccc1)c1ccccc1. The highest BCUT2D eigenvalue weighted by Crippen LogP contribution is 2.37. The quantitative estimate of drug-likeness (QED) is 0.122. The number of benzene rings is 5. The molecule has 45 heavy (non-hydrogen) atoms. The number of ether oxygens (including phenoxy) is 1. The van der Waals surface area contributed by atoms with Crippen LogP contribution in [0.5, 0.6) is 5.75 Å². The van der Waals surface area contributed by atoms with Gasteiger partial charge in [0.2, 0.25) is 5.91 Å². The van der Waals surface area contributed by atoms with E-state index in [1.807, 2.05) is 30.3 Å². The number of nitrogens with one attached hydrogen (secondary N) is 3. The minimum Gasteiger partial charge on any atom is -0.496 e. The van der Waals surface area contributed by atoms with Crippen molar-refractivity contribution in [3.05, 3.63) is 174 Å². The molecule has 0 spiro atoms. The second kappa shape index (κ2) is 14.1. The minimum absolute atomic E-state index is 0.0105. The summed E-state index contributed by atoms with van der Waals surface area (Å²) in [4.78, 5) is 16.8. The molecule has 0 saturated carbocycles. The summed E-state index contributed by atoms with van der Waals surface area (Å²) in [7, 11) is 1.67. The molecule has 0 aliphatic rings. The van der Waals surface area contributed by atoms with E-state index in [2.05, 4.69) is 131 Å². The lowest BCUT2D eigenvalue weighted by molar-refractivity contribution is -0.121. The Labute approximate surface area is 265 Å². The number of hydrogen-bond donors (Lipinski definition) is 3. The van der Waals surface area contributed by atoms with E-state index in [1.54, 1.807) is 7.11 Å². The van der Waals surface area contributed by atoms with Crippen molar-refractivity contribution in [2.45, 2.75) is 30.8 Å². The standard InChI is InChI=1S/C40H39N3O2/c1-45-38-24-14-11-15-30(38)25-26-39(44)42-29-35(27-31-28-41-37-23-13-12-22-36(31)37)43-40(32-16-5-2-6-17-32,33-18-7-3-8-19-33)34-20-9-4-10-21-34/h2-24,28,35,41,43H,25-27,29H2,1H3,(H,42,44). The van der Waals surface area contributed by atoms with Crippen molar-refractivity contribution < 1.29 is 9.53 Å². The van der Waals surface area contributed by atoms with Crippen LogP contribution in [0.1, 0.15) is 34.2 Å². The Kier molecular flexibility index (Phi) is 9.38. The molecule has 1 atom stereocenters. The van der Waals surface area contributed by atoms with Crippen molar-refractivity contribution in [1.82, 2.24) is 15.6 Å². The molecule has 6 rings (SSSR count). The average molecular weight is 594 g/mol. The van der Waals surface area contributed by atoms with E-state index in [9.17, 15) is 4.79 Å². The summed E-state index contributed by atoms with van der Waals surface area (Å²) in [5.41, 5.74) is 6.07. The summed E-state index contributed by atoms with van der Waals surface area (Å²) >= 11 is 0. The number of carbonyl (C=O) groups excluding carboxylic acids is 1. The van der Waals surface area contributed by atoms with Gasteiger partial charge in [0.15, 0.2) is 0 Å². The van der Waals surface area contributed by atoms with Gasteiger partial charge in [-0.05, 0) is 52.8 Å². The molecular formula is C40H39N3O2. The number of aryl methyl sites for hydroxylation is 1. The molecule has 0 saturated heterocycles. The number of hydrogen-bond acceptors (Lipinski definition) is 3. The third kappa shape index (κ3) is 6.69. The van der Waals surface area contributed by atoms with Crippen molar-refractivity contribution in [3.8, 4) is 5.75 Å².